The van der Waals surface area contributed by atoms with Crippen LogP contribution in [0, 0.1) is 3.95 Å². The molecule has 0 saturated heterocycles. The standard InChI is InChI=1S/C18H14N4O2S3/c1-23-14-9-7-12(8-10-14)16-20-19-15(24-16)11-26-17-21-22(18(25)27-17)13-5-3-2-4-6-13/h2-10H,11H2,1H3. The fraction of sp³-hybridized carbons (Fsp3) is 0.111. The van der Waals surface area contributed by atoms with Gasteiger partial charge in [-0.2, -0.15) is 0 Å². The van der Waals surface area contributed by atoms with Crippen molar-refractivity contribution in [2.45, 2.75) is 10.1 Å². The molecule has 0 amide bonds. The maximum Gasteiger partial charge on any atom is 0.247 e. The molecule has 9 heteroatoms. The highest BCUT2D eigenvalue weighted by Gasteiger charge is 2.12. The monoisotopic (exact) mass is 414 g/mol. The van der Waals surface area contributed by atoms with Gasteiger partial charge >= 0.3 is 0 Å². The summed E-state index contributed by atoms with van der Waals surface area (Å²) in [4.78, 5) is 0. The molecule has 0 spiro atoms. The third-order valence-corrected chi connectivity index (χ3v) is 6.00. The maximum absolute atomic E-state index is 5.75. The van der Waals surface area contributed by atoms with E-state index in [0.29, 0.717) is 21.5 Å². The zero-order valence-corrected chi connectivity index (χ0v) is 16.7. The number of benzene rings is 2. The molecule has 0 saturated carbocycles. The van der Waals surface area contributed by atoms with Crippen LogP contribution in [-0.4, -0.2) is 27.1 Å². The van der Waals surface area contributed by atoms with E-state index >= 15 is 0 Å². The molecule has 4 aromatic rings. The average Bonchev–Trinajstić information content (AvgIpc) is 3.34. The number of methoxy groups -OCH3 is 1. The van der Waals surface area contributed by atoms with E-state index in [9.17, 15) is 0 Å². The van der Waals surface area contributed by atoms with Crippen LogP contribution in [0.25, 0.3) is 17.1 Å². The first-order valence-corrected chi connectivity index (χ1v) is 10.2. The number of aromatic nitrogens is 4. The van der Waals surface area contributed by atoms with E-state index in [1.165, 1.54) is 23.1 Å². The number of nitrogens with zero attached hydrogens (tertiary/aromatic N) is 4. The van der Waals surface area contributed by atoms with Crippen LogP contribution in [-0.2, 0) is 5.75 Å². The van der Waals surface area contributed by atoms with Crippen LogP contribution in [0.2, 0.25) is 0 Å². The van der Waals surface area contributed by atoms with Gasteiger partial charge in [0.25, 0.3) is 0 Å². The minimum Gasteiger partial charge on any atom is -0.497 e. The number of hydrogen-bond acceptors (Lipinski definition) is 8. The van der Waals surface area contributed by atoms with Gasteiger partial charge < -0.3 is 9.15 Å². The molecule has 4 rings (SSSR count). The highest BCUT2D eigenvalue weighted by molar-refractivity contribution is 8.00. The molecule has 0 atom stereocenters. The minimum absolute atomic E-state index is 0.482. The molecule has 0 aliphatic heterocycles. The second-order valence-electron chi connectivity index (χ2n) is 5.40. The largest absolute Gasteiger partial charge is 0.497 e. The molecule has 2 aromatic carbocycles. The predicted molar refractivity (Wildman–Crippen MR) is 108 cm³/mol. The molecule has 0 bridgehead atoms. The van der Waals surface area contributed by atoms with Crippen LogP contribution in [0.5, 0.6) is 5.75 Å². The number of ether oxygens (including phenoxy) is 1. The molecule has 2 heterocycles. The van der Waals surface area contributed by atoms with Gasteiger partial charge in [-0.05, 0) is 48.6 Å². The highest BCUT2D eigenvalue weighted by Crippen LogP contribution is 2.28. The molecular formula is C18H14N4O2S3. The second-order valence-corrected chi connectivity index (χ2v) is 8.24. The second kappa shape index (κ2) is 8.03. The van der Waals surface area contributed by atoms with Crippen LogP contribution in [0.1, 0.15) is 5.89 Å². The van der Waals surface area contributed by atoms with Crippen LogP contribution >= 0.6 is 35.3 Å². The van der Waals surface area contributed by atoms with Crippen molar-refractivity contribution in [3.05, 3.63) is 64.4 Å². The zero-order chi connectivity index (χ0) is 18.6. The fourth-order valence-electron chi connectivity index (χ4n) is 2.34. The predicted octanol–water partition coefficient (Wildman–Crippen LogP) is 5.01. The first kappa shape index (κ1) is 17.9. The summed E-state index contributed by atoms with van der Waals surface area (Å²) in [6.45, 7) is 0. The lowest BCUT2D eigenvalue weighted by Gasteiger charge is -1.99. The van der Waals surface area contributed by atoms with E-state index in [2.05, 4.69) is 15.3 Å². The maximum atomic E-state index is 5.75. The van der Waals surface area contributed by atoms with Crippen molar-refractivity contribution in [1.29, 1.82) is 0 Å². The van der Waals surface area contributed by atoms with E-state index in [4.69, 9.17) is 21.4 Å². The van der Waals surface area contributed by atoms with Crippen molar-refractivity contribution in [3.63, 3.8) is 0 Å². The summed E-state index contributed by atoms with van der Waals surface area (Å²) in [6, 6.07) is 17.3. The van der Waals surface area contributed by atoms with Crippen LogP contribution in [0.4, 0.5) is 0 Å². The van der Waals surface area contributed by atoms with Crippen molar-refractivity contribution in [2.24, 2.45) is 0 Å². The lowest BCUT2D eigenvalue weighted by molar-refractivity contribution is 0.415. The highest BCUT2D eigenvalue weighted by atomic mass is 32.2. The molecular weight excluding hydrogens is 400 g/mol. The molecule has 0 fully saturated rings. The van der Waals surface area contributed by atoms with Gasteiger partial charge in [0, 0.05) is 5.56 Å². The summed E-state index contributed by atoms with van der Waals surface area (Å²) in [5.41, 5.74) is 1.80. The quantitative estimate of drug-likeness (QED) is 0.324. The molecule has 6 nitrogen and oxygen atoms in total. The molecule has 0 aliphatic rings. The number of hydrogen-bond donors (Lipinski definition) is 0. The van der Waals surface area contributed by atoms with Crippen molar-refractivity contribution >= 4 is 35.3 Å². The van der Waals surface area contributed by atoms with Crippen molar-refractivity contribution in [1.82, 2.24) is 20.0 Å². The molecule has 0 N–H and O–H groups in total. The molecule has 27 heavy (non-hydrogen) atoms. The summed E-state index contributed by atoms with van der Waals surface area (Å²) >= 11 is 8.40. The fourth-order valence-corrected chi connectivity index (χ4v) is 4.54. The summed E-state index contributed by atoms with van der Waals surface area (Å²) < 4.78 is 14.2. The van der Waals surface area contributed by atoms with Crippen LogP contribution in [0.3, 0.4) is 0 Å². The Bertz CT molecular complexity index is 1090. The molecule has 0 aliphatic carbocycles. The number of para-hydroxylation sites is 1. The molecule has 0 unspecified atom stereocenters. The average molecular weight is 415 g/mol. The van der Waals surface area contributed by atoms with E-state index in [1.54, 1.807) is 11.8 Å². The topological polar surface area (TPSA) is 66.0 Å². The van der Waals surface area contributed by atoms with Gasteiger partial charge in [-0.15, -0.1) is 15.3 Å². The van der Waals surface area contributed by atoms with Crippen LogP contribution in [0.15, 0.2) is 63.4 Å². The summed E-state index contributed by atoms with van der Waals surface area (Å²) in [7, 11) is 1.63. The summed E-state index contributed by atoms with van der Waals surface area (Å²) in [5.74, 6) is 2.33. The molecule has 0 radical (unpaired) electrons. The van der Waals surface area contributed by atoms with Gasteiger partial charge in [0.15, 0.2) is 8.29 Å². The van der Waals surface area contributed by atoms with Gasteiger partial charge in [-0.3, -0.25) is 0 Å². The number of thioether (sulfide) groups is 1. The van der Waals surface area contributed by atoms with Crippen LogP contribution < -0.4 is 4.74 Å². The Labute approximate surface area is 168 Å². The van der Waals surface area contributed by atoms with Gasteiger partial charge in [0.05, 0.1) is 18.6 Å². The van der Waals surface area contributed by atoms with Crippen molar-refractivity contribution < 1.29 is 9.15 Å². The van der Waals surface area contributed by atoms with Gasteiger partial charge in [0.2, 0.25) is 11.8 Å². The Morgan fingerprint density at radius 1 is 1.11 bits per heavy atom. The smallest absolute Gasteiger partial charge is 0.247 e. The van der Waals surface area contributed by atoms with Crippen molar-refractivity contribution in [3.8, 4) is 22.9 Å². The zero-order valence-electron chi connectivity index (χ0n) is 14.2. The van der Waals surface area contributed by atoms with Gasteiger partial charge in [-0.1, -0.05) is 41.3 Å². The minimum atomic E-state index is 0.482. The SMILES string of the molecule is COc1ccc(-c2nnc(CSc3nn(-c4ccccc4)c(=S)s3)o2)cc1. The van der Waals surface area contributed by atoms with Gasteiger partial charge in [-0.25, -0.2) is 4.68 Å². The van der Waals surface area contributed by atoms with Gasteiger partial charge in [0.1, 0.15) is 5.75 Å². The number of rotatable bonds is 6. The molecule has 2 aromatic heterocycles. The Morgan fingerprint density at radius 3 is 2.63 bits per heavy atom. The first-order valence-electron chi connectivity index (χ1n) is 7.98. The van der Waals surface area contributed by atoms with E-state index in [1.807, 2.05) is 54.6 Å². The lowest BCUT2D eigenvalue weighted by Crippen LogP contribution is -1.95. The first-order chi connectivity index (χ1) is 13.2. The molecule has 136 valence electrons. The Balaban J connectivity index is 1.45. The van der Waals surface area contributed by atoms with E-state index < -0.39 is 0 Å². The Morgan fingerprint density at radius 2 is 1.89 bits per heavy atom. The Hall–Kier alpha value is -2.49. The summed E-state index contributed by atoms with van der Waals surface area (Å²) in [6.07, 6.45) is 0. The Kier molecular flexibility index (Phi) is 5.33. The van der Waals surface area contributed by atoms with Crippen molar-refractivity contribution in [2.75, 3.05) is 7.11 Å². The van der Waals surface area contributed by atoms with E-state index in [0.717, 1.165) is 21.3 Å². The summed E-state index contributed by atoms with van der Waals surface area (Å²) in [5, 5.41) is 12.8. The third-order valence-electron chi connectivity index (χ3n) is 3.65. The lowest BCUT2D eigenvalue weighted by atomic mass is 10.2. The van der Waals surface area contributed by atoms with E-state index in [-0.39, 0.29) is 0 Å². The normalized spacial score (nSPS) is 10.9. The third kappa shape index (κ3) is 4.10.